The van der Waals surface area contributed by atoms with Crippen molar-refractivity contribution in [2.75, 3.05) is 0 Å². The van der Waals surface area contributed by atoms with Gasteiger partial charge in [-0.15, -0.1) is 0 Å². The minimum atomic E-state index is -0.582. The maximum absolute atomic E-state index is 11.8. The molecule has 0 aliphatic rings. The van der Waals surface area contributed by atoms with Crippen LogP contribution in [0.4, 0.5) is 5.69 Å². The average Bonchev–Trinajstić information content (AvgIpc) is 3.17. The summed E-state index contributed by atoms with van der Waals surface area (Å²) in [4.78, 5) is 21.8. The molecule has 0 atom stereocenters. The van der Waals surface area contributed by atoms with Gasteiger partial charge in [-0.1, -0.05) is 29.8 Å². The summed E-state index contributed by atoms with van der Waals surface area (Å²) in [7, 11) is 0. The number of ether oxygens (including phenoxy) is 1. The van der Waals surface area contributed by atoms with Gasteiger partial charge >= 0.3 is 5.69 Å². The molecule has 9 nitrogen and oxygen atoms in total. The molecule has 1 aromatic heterocycles. The van der Waals surface area contributed by atoms with Crippen molar-refractivity contribution in [3.63, 3.8) is 0 Å². The van der Waals surface area contributed by atoms with E-state index in [-0.39, 0.29) is 12.2 Å². The lowest BCUT2D eigenvalue weighted by Gasteiger charge is -2.07. The summed E-state index contributed by atoms with van der Waals surface area (Å²) in [6.07, 6.45) is 3.72. The van der Waals surface area contributed by atoms with Crippen LogP contribution in [-0.2, 0) is 17.9 Å². The minimum absolute atomic E-state index is 0.181. The van der Waals surface area contributed by atoms with Gasteiger partial charge in [0, 0.05) is 10.6 Å². The number of hydrazone groups is 1. The Morgan fingerprint density at radius 3 is 2.72 bits per heavy atom. The van der Waals surface area contributed by atoms with Gasteiger partial charge in [-0.2, -0.15) is 10.2 Å². The Morgan fingerprint density at radius 1 is 1.28 bits per heavy atom. The Balaban J connectivity index is 1.47. The van der Waals surface area contributed by atoms with Gasteiger partial charge in [0.05, 0.1) is 11.1 Å². The van der Waals surface area contributed by atoms with Crippen molar-refractivity contribution in [1.82, 2.24) is 15.2 Å². The Labute approximate surface area is 170 Å². The van der Waals surface area contributed by atoms with Crippen molar-refractivity contribution in [2.45, 2.75) is 13.2 Å². The molecule has 29 heavy (non-hydrogen) atoms. The smallest absolute Gasteiger partial charge is 0.307 e. The fourth-order valence-electron chi connectivity index (χ4n) is 2.32. The van der Waals surface area contributed by atoms with Crippen LogP contribution >= 0.6 is 11.6 Å². The van der Waals surface area contributed by atoms with Gasteiger partial charge in [0.25, 0.3) is 5.91 Å². The number of carbonyl (C=O) groups excluding carboxylic acids is 1. The number of hydrogen-bond acceptors (Lipinski definition) is 6. The standard InChI is InChI=1S/C19H16ClN5O4/c20-18-4-2-1-3-15(18)13-29-17-7-5-14(6-8-17)9-21-23-19(26)12-24-11-16(10-22-24)25(27)28/h1-11H,12-13H2,(H,23,26)/b21-9-. The van der Waals surface area contributed by atoms with E-state index in [9.17, 15) is 14.9 Å². The minimum Gasteiger partial charge on any atom is -0.489 e. The van der Waals surface area contributed by atoms with Crippen LogP contribution in [0.15, 0.2) is 66.0 Å². The van der Waals surface area contributed by atoms with Crippen LogP contribution in [0.25, 0.3) is 0 Å². The predicted molar refractivity (Wildman–Crippen MR) is 107 cm³/mol. The van der Waals surface area contributed by atoms with Crippen molar-refractivity contribution in [2.24, 2.45) is 5.10 Å². The third kappa shape index (κ3) is 5.88. The second-order valence-corrected chi connectivity index (χ2v) is 6.30. The van der Waals surface area contributed by atoms with Gasteiger partial charge in [-0.3, -0.25) is 19.6 Å². The number of halogens is 1. The molecule has 0 spiro atoms. The number of rotatable bonds is 8. The molecule has 0 radical (unpaired) electrons. The van der Waals surface area contributed by atoms with Crippen LogP contribution in [-0.4, -0.2) is 26.8 Å². The molecule has 0 saturated carbocycles. The first-order valence-electron chi connectivity index (χ1n) is 8.46. The molecule has 148 valence electrons. The Kier molecular flexibility index (Phi) is 6.54. The van der Waals surface area contributed by atoms with E-state index in [1.807, 2.05) is 24.3 Å². The lowest BCUT2D eigenvalue weighted by atomic mass is 10.2. The third-order valence-electron chi connectivity index (χ3n) is 3.77. The molecule has 0 aliphatic carbocycles. The van der Waals surface area contributed by atoms with E-state index in [0.717, 1.165) is 22.0 Å². The Bertz CT molecular complexity index is 1030. The third-order valence-corrected chi connectivity index (χ3v) is 4.14. The van der Waals surface area contributed by atoms with Crippen molar-refractivity contribution >= 4 is 29.4 Å². The van der Waals surface area contributed by atoms with Crippen LogP contribution in [0.1, 0.15) is 11.1 Å². The molecule has 1 heterocycles. The number of nitro groups is 1. The van der Waals surface area contributed by atoms with Gasteiger partial charge in [0.1, 0.15) is 31.3 Å². The van der Waals surface area contributed by atoms with Gasteiger partial charge in [-0.25, -0.2) is 5.43 Å². The summed E-state index contributed by atoms with van der Waals surface area (Å²) < 4.78 is 6.86. The number of amides is 1. The SMILES string of the molecule is O=C(Cn1cc([N+](=O)[O-])cn1)N/N=C\c1ccc(OCc2ccccc2Cl)cc1. The second-order valence-electron chi connectivity index (χ2n) is 5.90. The highest BCUT2D eigenvalue weighted by atomic mass is 35.5. The zero-order valence-corrected chi connectivity index (χ0v) is 15.8. The van der Waals surface area contributed by atoms with Crippen LogP contribution in [0.3, 0.4) is 0 Å². The zero-order valence-electron chi connectivity index (χ0n) is 15.1. The van der Waals surface area contributed by atoms with E-state index < -0.39 is 10.8 Å². The van der Waals surface area contributed by atoms with Gasteiger partial charge in [-0.05, 0) is 35.9 Å². The highest BCUT2D eigenvalue weighted by Gasteiger charge is 2.10. The number of benzene rings is 2. The maximum Gasteiger partial charge on any atom is 0.307 e. The Morgan fingerprint density at radius 2 is 2.03 bits per heavy atom. The number of hydrogen-bond donors (Lipinski definition) is 1. The van der Waals surface area contributed by atoms with E-state index in [2.05, 4.69) is 15.6 Å². The van der Waals surface area contributed by atoms with Crippen molar-refractivity contribution in [1.29, 1.82) is 0 Å². The Hall–Kier alpha value is -3.72. The highest BCUT2D eigenvalue weighted by Crippen LogP contribution is 2.18. The molecular weight excluding hydrogens is 398 g/mol. The number of nitrogens with one attached hydrogen (secondary N) is 1. The van der Waals surface area contributed by atoms with E-state index in [4.69, 9.17) is 16.3 Å². The first-order valence-corrected chi connectivity index (χ1v) is 8.84. The molecular formula is C19H16ClN5O4. The fourth-order valence-corrected chi connectivity index (χ4v) is 2.51. The number of carbonyl (C=O) groups is 1. The molecule has 1 amide bonds. The summed E-state index contributed by atoms with van der Waals surface area (Å²) in [6.45, 7) is 0.175. The van der Waals surface area contributed by atoms with E-state index in [0.29, 0.717) is 17.4 Å². The number of aromatic nitrogens is 2. The molecule has 2 aromatic carbocycles. The summed E-state index contributed by atoms with van der Waals surface area (Å²) in [5.74, 6) is 0.213. The average molecular weight is 414 g/mol. The first-order chi connectivity index (χ1) is 14.0. The van der Waals surface area contributed by atoms with E-state index in [1.165, 1.54) is 12.4 Å². The monoisotopic (exact) mass is 413 g/mol. The van der Waals surface area contributed by atoms with Crippen LogP contribution in [0.2, 0.25) is 5.02 Å². The molecule has 3 rings (SSSR count). The van der Waals surface area contributed by atoms with Crippen LogP contribution < -0.4 is 10.2 Å². The van der Waals surface area contributed by atoms with Crippen LogP contribution in [0.5, 0.6) is 5.75 Å². The second kappa shape index (κ2) is 9.47. The van der Waals surface area contributed by atoms with Gasteiger partial charge in [0.2, 0.25) is 0 Å². The molecule has 0 bridgehead atoms. The fraction of sp³-hybridized carbons (Fsp3) is 0.105. The van der Waals surface area contributed by atoms with Gasteiger partial charge in [0.15, 0.2) is 0 Å². The normalized spacial score (nSPS) is 10.8. The predicted octanol–water partition coefficient (Wildman–Crippen LogP) is 3.17. The summed E-state index contributed by atoms with van der Waals surface area (Å²) >= 11 is 6.10. The maximum atomic E-state index is 11.8. The molecule has 0 fully saturated rings. The molecule has 0 unspecified atom stereocenters. The molecule has 3 aromatic rings. The lowest BCUT2D eigenvalue weighted by molar-refractivity contribution is -0.385. The largest absolute Gasteiger partial charge is 0.489 e. The molecule has 1 N–H and O–H groups in total. The summed E-state index contributed by atoms with van der Waals surface area (Å²) in [5, 5.41) is 18.8. The molecule has 0 saturated heterocycles. The summed E-state index contributed by atoms with van der Waals surface area (Å²) in [5.41, 5.74) is 3.81. The van der Waals surface area contributed by atoms with E-state index >= 15 is 0 Å². The lowest BCUT2D eigenvalue weighted by Crippen LogP contribution is -2.23. The molecule has 10 heteroatoms. The quantitative estimate of drug-likeness (QED) is 0.346. The number of nitrogens with zero attached hydrogens (tertiary/aromatic N) is 4. The zero-order chi connectivity index (χ0) is 20.6. The van der Waals surface area contributed by atoms with E-state index in [1.54, 1.807) is 24.3 Å². The summed E-state index contributed by atoms with van der Waals surface area (Å²) in [6, 6.07) is 14.6. The highest BCUT2D eigenvalue weighted by molar-refractivity contribution is 6.31. The van der Waals surface area contributed by atoms with Crippen molar-refractivity contribution < 1.29 is 14.5 Å². The van der Waals surface area contributed by atoms with Crippen LogP contribution in [0, 0.1) is 10.1 Å². The van der Waals surface area contributed by atoms with Crippen molar-refractivity contribution in [3.05, 3.63) is 87.2 Å². The van der Waals surface area contributed by atoms with Crippen molar-refractivity contribution in [3.8, 4) is 5.75 Å². The first kappa shape index (κ1) is 20.0. The van der Waals surface area contributed by atoms with Gasteiger partial charge < -0.3 is 4.74 Å². The topological polar surface area (TPSA) is 112 Å². The molecule has 0 aliphatic heterocycles.